The van der Waals surface area contributed by atoms with Crippen LogP contribution in [0.1, 0.15) is 53.4 Å². The standard InChI is InChI=1S/C34H28N4.2C4H10/c1-37(27-11-5-3-6-12-27)29-21-17-25(18-22-29)33-34(36-32-16-10-9-15-31(32)35-33)26-19-23-30(24-20-26)38(2)28-13-7-4-8-14-28;2*1-3-4-2/h3-24H,1-2H3;2*3-4H2,1-2H3. The fraction of sp³-hybridized carbons (Fsp3) is 0.238. The Labute approximate surface area is 276 Å². The maximum atomic E-state index is 5.07. The van der Waals surface area contributed by atoms with Crippen LogP contribution < -0.4 is 9.80 Å². The molecule has 4 nitrogen and oxygen atoms in total. The molecule has 46 heavy (non-hydrogen) atoms. The molecule has 0 aliphatic carbocycles. The van der Waals surface area contributed by atoms with Gasteiger partial charge in [-0.1, -0.05) is 126 Å². The molecule has 0 unspecified atom stereocenters. The Balaban J connectivity index is 0.000000541. The van der Waals surface area contributed by atoms with Crippen LogP contribution >= 0.6 is 0 Å². The van der Waals surface area contributed by atoms with E-state index in [1.54, 1.807) is 0 Å². The zero-order chi connectivity index (χ0) is 32.7. The van der Waals surface area contributed by atoms with Gasteiger partial charge in [-0.2, -0.15) is 0 Å². The first-order valence-electron chi connectivity index (χ1n) is 16.6. The fourth-order valence-corrected chi connectivity index (χ4v) is 4.69. The van der Waals surface area contributed by atoms with Crippen molar-refractivity contribution in [3.05, 3.63) is 133 Å². The zero-order valence-corrected chi connectivity index (χ0v) is 28.3. The molecule has 6 aromatic rings. The van der Waals surface area contributed by atoms with Crippen molar-refractivity contribution in [2.75, 3.05) is 23.9 Å². The Kier molecular flexibility index (Phi) is 12.9. The van der Waals surface area contributed by atoms with Gasteiger partial charge in [0.25, 0.3) is 0 Å². The van der Waals surface area contributed by atoms with E-state index < -0.39 is 0 Å². The lowest BCUT2D eigenvalue weighted by Crippen LogP contribution is -2.09. The SMILES string of the molecule is CCCC.CCCC.CN(c1ccccc1)c1ccc(-c2nc3ccccc3nc2-c2ccc(N(C)c3ccccc3)cc2)cc1. The third-order valence-corrected chi connectivity index (χ3v) is 7.91. The maximum Gasteiger partial charge on any atom is 0.0973 e. The van der Waals surface area contributed by atoms with E-state index >= 15 is 0 Å². The Morgan fingerprint density at radius 2 is 0.652 bits per heavy atom. The van der Waals surface area contributed by atoms with Crippen LogP contribution in [-0.4, -0.2) is 24.1 Å². The Bertz CT molecular complexity index is 1600. The van der Waals surface area contributed by atoms with Crippen molar-refractivity contribution in [1.82, 2.24) is 9.97 Å². The zero-order valence-electron chi connectivity index (χ0n) is 28.3. The number of para-hydroxylation sites is 4. The number of anilines is 4. The van der Waals surface area contributed by atoms with Gasteiger partial charge in [0.2, 0.25) is 0 Å². The highest BCUT2D eigenvalue weighted by atomic mass is 15.1. The Hall–Kier alpha value is -4.96. The van der Waals surface area contributed by atoms with Gasteiger partial charge in [0.05, 0.1) is 22.4 Å². The van der Waals surface area contributed by atoms with Crippen molar-refractivity contribution in [2.24, 2.45) is 0 Å². The van der Waals surface area contributed by atoms with Crippen molar-refractivity contribution in [3.8, 4) is 22.5 Å². The van der Waals surface area contributed by atoms with Gasteiger partial charge in [-0.25, -0.2) is 9.97 Å². The van der Waals surface area contributed by atoms with Gasteiger partial charge in [0.1, 0.15) is 0 Å². The highest BCUT2D eigenvalue weighted by Crippen LogP contribution is 2.34. The van der Waals surface area contributed by atoms with Gasteiger partial charge >= 0.3 is 0 Å². The van der Waals surface area contributed by atoms with Crippen molar-refractivity contribution in [3.63, 3.8) is 0 Å². The van der Waals surface area contributed by atoms with Crippen molar-refractivity contribution >= 4 is 33.8 Å². The van der Waals surface area contributed by atoms with E-state index in [4.69, 9.17) is 9.97 Å². The van der Waals surface area contributed by atoms with Crippen LogP contribution in [0, 0.1) is 0 Å². The lowest BCUT2D eigenvalue weighted by molar-refractivity contribution is 0.886. The number of aromatic nitrogens is 2. The predicted molar refractivity (Wildman–Crippen MR) is 201 cm³/mol. The van der Waals surface area contributed by atoms with Crippen LogP contribution in [0.25, 0.3) is 33.5 Å². The van der Waals surface area contributed by atoms with E-state index in [1.165, 1.54) is 25.7 Å². The number of unbranched alkanes of at least 4 members (excludes halogenated alkanes) is 2. The molecule has 1 heterocycles. The number of hydrogen-bond donors (Lipinski definition) is 0. The average molecular weight is 609 g/mol. The van der Waals surface area contributed by atoms with Crippen molar-refractivity contribution < 1.29 is 0 Å². The van der Waals surface area contributed by atoms with Crippen LogP contribution in [0.3, 0.4) is 0 Å². The van der Waals surface area contributed by atoms with Gasteiger partial charge in [-0.15, -0.1) is 0 Å². The predicted octanol–water partition coefficient (Wildman–Crippen LogP) is 12.1. The summed E-state index contributed by atoms with van der Waals surface area (Å²) in [4.78, 5) is 14.5. The summed E-state index contributed by atoms with van der Waals surface area (Å²) in [6.07, 6.45) is 5.28. The minimum absolute atomic E-state index is 0.877. The molecule has 0 amide bonds. The smallest absolute Gasteiger partial charge is 0.0973 e. The molecule has 0 bridgehead atoms. The summed E-state index contributed by atoms with van der Waals surface area (Å²) >= 11 is 0. The lowest BCUT2D eigenvalue weighted by Gasteiger charge is -2.20. The van der Waals surface area contributed by atoms with Gasteiger partial charge in [-0.05, 0) is 60.7 Å². The van der Waals surface area contributed by atoms with Gasteiger partial charge in [-0.3, -0.25) is 0 Å². The van der Waals surface area contributed by atoms with Crippen molar-refractivity contribution in [2.45, 2.75) is 53.4 Å². The first kappa shape index (κ1) is 33.9. The first-order valence-corrected chi connectivity index (χ1v) is 16.6. The van der Waals surface area contributed by atoms with Crippen LogP contribution in [0.4, 0.5) is 22.7 Å². The quantitative estimate of drug-likeness (QED) is 0.172. The summed E-state index contributed by atoms with van der Waals surface area (Å²) < 4.78 is 0. The molecule has 0 saturated carbocycles. The van der Waals surface area contributed by atoms with Crippen LogP contribution in [-0.2, 0) is 0 Å². The summed E-state index contributed by atoms with van der Waals surface area (Å²) in [7, 11) is 4.17. The molecule has 0 fully saturated rings. The highest BCUT2D eigenvalue weighted by Gasteiger charge is 2.15. The second kappa shape index (κ2) is 17.5. The topological polar surface area (TPSA) is 32.3 Å². The summed E-state index contributed by atoms with van der Waals surface area (Å²) in [6, 6.07) is 45.9. The maximum absolute atomic E-state index is 5.07. The van der Waals surface area contributed by atoms with Gasteiger partial charge in [0, 0.05) is 48.0 Å². The van der Waals surface area contributed by atoms with E-state index in [9.17, 15) is 0 Å². The molecule has 0 aliphatic rings. The van der Waals surface area contributed by atoms with Crippen molar-refractivity contribution in [1.29, 1.82) is 0 Å². The molecule has 5 aromatic carbocycles. The molecule has 6 rings (SSSR count). The molecular formula is C42H48N4. The molecule has 0 aliphatic heterocycles. The summed E-state index contributed by atoms with van der Waals surface area (Å²) in [5.74, 6) is 0. The second-order valence-electron chi connectivity index (χ2n) is 11.3. The third-order valence-electron chi connectivity index (χ3n) is 7.91. The monoisotopic (exact) mass is 608 g/mol. The van der Waals surface area contributed by atoms with E-state index in [-0.39, 0.29) is 0 Å². The molecule has 0 N–H and O–H groups in total. The summed E-state index contributed by atoms with van der Waals surface area (Å²) in [6.45, 7) is 8.72. The third kappa shape index (κ3) is 8.82. The van der Waals surface area contributed by atoms with Gasteiger partial charge < -0.3 is 9.80 Å². The number of nitrogens with zero attached hydrogens (tertiary/aromatic N) is 4. The molecule has 236 valence electrons. The molecule has 0 atom stereocenters. The summed E-state index contributed by atoms with van der Waals surface area (Å²) in [5, 5.41) is 0. The number of benzene rings is 5. The molecule has 4 heteroatoms. The normalized spacial score (nSPS) is 10.3. The summed E-state index contributed by atoms with van der Waals surface area (Å²) in [5.41, 5.74) is 10.1. The fourth-order valence-electron chi connectivity index (χ4n) is 4.69. The average Bonchev–Trinajstić information content (AvgIpc) is 3.14. The molecule has 0 saturated heterocycles. The molecule has 1 aromatic heterocycles. The van der Waals surface area contributed by atoms with Crippen LogP contribution in [0.15, 0.2) is 133 Å². The first-order chi connectivity index (χ1) is 22.5. The number of hydrogen-bond acceptors (Lipinski definition) is 4. The van der Waals surface area contributed by atoms with Crippen LogP contribution in [0.2, 0.25) is 0 Å². The van der Waals surface area contributed by atoms with E-state index in [0.717, 1.165) is 56.3 Å². The molecule has 0 radical (unpaired) electrons. The Morgan fingerprint density at radius 1 is 0.370 bits per heavy atom. The largest absolute Gasteiger partial charge is 0.345 e. The minimum Gasteiger partial charge on any atom is -0.345 e. The van der Waals surface area contributed by atoms with Gasteiger partial charge in [0.15, 0.2) is 0 Å². The van der Waals surface area contributed by atoms with E-state index in [2.05, 4.69) is 149 Å². The van der Waals surface area contributed by atoms with E-state index in [1.807, 2.05) is 36.4 Å². The van der Waals surface area contributed by atoms with E-state index in [0.29, 0.717) is 0 Å². The highest BCUT2D eigenvalue weighted by molar-refractivity contribution is 5.87. The second-order valence-corrected chi connectivity index (χ2v) is 11.3. The molecular weight excluding hydrogens is 560 g/mol. The number of rotatable bonds is 8. The lowest BCUT2D eigenvalue weighted by atomic mass is 10.0. The minimum atomic E-state index is 0.877. The number of fused-ring (bicyclic) bond motifs is 1. The van der Waals surface area contributed by atoms with Crippen LogP contribution in [0.5, 0.6) is 0 Å². The molecule has 0 spiro atoms. The Morgan fingerprint density at radius 3 is 0.957 bits per heavy atom.